The van der Waals surface area contributed by atoms with E-state index < -0.39 is 0 Å². The first-order valence-corrected chi connectivity index (χ1v) is 9.44. The van der Waals surface area contributed by atoms with Crippen molar-refractivity contribution in [1.29, 1.82) is 0 Å². The van der Waals surface area contributed by atoms with Crippen LogP contribution in [-0.2, 0) is 15.9 Å². The Balaban J connectivity index is 1.63. The molecule has 1 aliphatic heterocycles. The van der Waals surface area contributed by atoms with Crippen LogP contribution in [0.4, 0.5) is 0 Å². The van der Waals surface area contributed by atoms with Crippen molar-refractivity contribution < 1.29 is 14.3 Å². The van der Waals surface area contributed by atoms with E-state index in [9.17, 15) is 4.79 Å². The fourth-order valence-electron chi connectivity index (χ4n) is 4.48. The number of hydrogen-bond acceptors (Lipinski definition) is 4. The van der Waals surface area contributed by atoms with Crippen LogP contribution in [0.2, 0.25) is 0 Å². The minimum absolute atomic E-state index is 0.0230. The average molecular weight is 354 g/mol. The van der Waals surface area contributed by atoms with Crippen LogP contribution in [0.15, 0.2) is 24.3 Å². The highest BCUT2D eigenvalue weighted by Crippen LogP contribution is 2.44. The van der Waals surface area contributed by atoms with Crippen LogP contribution in [0, 0.1) is 18.8 Å². The maximum Gasteiger partial charge on any atom is 0.252 e. The molecule has 4 rings (SSSR count). The van der Waals surface area contributed by atoms with Gasteiger partial charge in [0, 0.05) is 42.7 Å². The minimum atomic E-state index is -0.0230. The summed E-state index contributed by atoms with van der Waals surface area (Å²) >= 11 is 0. The van der Waals surface area contributed by atoms with Gasteiger partial charge in [0.2, 0.25) is 0 Å². The number of fused-ring (bicyclic) bond motifs is 2. The van der Waals surface area contributed by atoms with Crippen LogP contribution in [0.1, 0.15) is 35.0 Å². The van der Waals surface area contributed by atoms with Gasteiger partial charge in [-0.15, -0.1) is 0 Å². The Labute approximate surface area is 154 Å². The number of amides is 1. The Morgan fingerprint density at radius 1 is 1.38 bits per heavy atom. The van der Waals surface area contributed by atoms with E-state index in [2.05, 4.69) is 29.4 Å². The predicted octanol–water partition coefficient (Wildman–Crippen LogP) is 2.89. The number of ether oxygens (including phenoxy) is 2. The van der Waals surface area contributed by atoms with Gasteiger partial charge in [0.05, 0.1) is 23.8 Å². The summed E-state index contributed by atoms with van der Waals surface area (Å²) in [6.07, 6.45) is 2.17. The van der Waals surface area contributed by atoms with Crippen LogP contribution >= 0.6 is 0 Å². The molecule has 2 aliphatic rings. The van der Waals surface area contributed by atoms with Gasteiger partial charge in [-0.25, -0.2) is 0 Å². The summed E-state index contributed by atoms with van der Waals surface area (Å²) in [6.45, 7) is 5.44. The lowest BCUT2D eigenvalue weighted by Gasteiger charge is -2.47. The zero-order valence-corrected chi connectivity index (χ0v) is 15.6. The topological polar surface area (TPSA) is 60.5 Å². The highest BCUT2D eigenvalue weighted by molar-refractivity contribution is 6.06. The molecular formula is C21H26N2O3. The zero-order chi connectivity index (χ0) is 18.3. The number of methoxy groups -OCH3 is 1. The molecule has 0 spiro atoms. The number of carbonyl (C=O) groups is 1. The Bertz CT molecular complexity index is 835. The number of nitrogens with one attached hydrogen (secondary N) is 1. The molecule has 138 valence electrons. The molecule has 1 N–H and O–H groups in total. The summed E-state index contributed by atoms with van der Waals surface area (Å²) < 4.78 is 11.2. The number of aromatic nitrogens is 1. The Hall–Kier alpha value is -1.98. The van der Waals surface area contributed by atoms with Crippen molar-refractivity contribution in [3.63, 3.8) is 0 Å². The highest BCUT2D eigenvalue weighted by atomic mass is 16.5. The molecule has 0 unspecified atom stereocenters. The van der Waals surface area contributed by atoms with Crippen molar-refractivity contribution in [3.05, 3.63) is 41.1 Å². The molecule has 1 aromatic carbocycles. The standard InChI is InChI=1S/C21H26N2O3/c1-4-13-5-6-18-15(10-13)16(9-12(2)22-18)21(24)23-19-14-7-8-26-20(14)17(19)11-25-3/h5-6,9-10,14,17,19-20H,4,7-8,11H2,1-3H3,(H,23,24)/t14-,17-,19-,20-/m0/s1. The van der Waals surface area contributed by atoms with Crippen molar-refractivity contribution in [1.82, 2.24) is 10.3 Å². The SMILES string of the molecule is CCc1ccc2nc(C)cc(C(=O)N[C@H]3[C@@H]4CCO[C@@H]4[C@H]3COC)c2c1. The van der Waals surface area contributed by atoms with Gasteiger partial charge in [0.15, 0.2) is 0 Å². The van der Waals surface area contributed by atoms with Crippen molar-refractivity contribution >= 4 is 16.8 Å². The second kappa shape index (κ2) is 6.97. The number of pyridine rings is 1. The van der Waals surface area contributed by atoms with Gasteiger partial charge in [0.1, 0.15) is 0 Å². The summed E-state index contributed by atoms with van der Waals surface area (Å²) in [5.74, 6) is 0.613. The Morgan fingerprint density at radius 2 is 2.23 bits per heavy atom. The summed E-state index contributed by atoms with van der Waals surface area (Å²) in [7, 11) is 1.70. The molecule has 2 fully saturated rings. The Morgan fingerprint density at radius 3 is 3.00 bits per heavy atom. The molecule has 1 aromatic heterocycles. The van der Waals surface area contributed by atoms with E-state index in [4.69, 9.17) is 9.47 Å². The molecule has 1 saturated carbocycles. The number of nitrogens with zero attached hydrogens (tertiary/aromatic N) is 1. The number of hydrogen-bond donors (Lipinski definition) is 1. The number of aryl methyl sites for hydroxylation is 2. The van der Waals surface area contributed by atoms with E-state index in [0.717, 1.165) is 36.0 Å². The molecule has 5 nitrogen and oxygen atoms in total. The molecule has 1 aliphatic carbocycles. The molecule has 1 amide bonds. The Kier molecular flexibility index (Phi) is 4.67. The van der Waals surface area contributed by atoms with Crippen LogP contribution < -0.4 is 5.32 Å². The molecule has 4 atom stereocenters. The van der Waals surface area contributed by atoms with E-state index >= 15 is 0 Å². The molecule has 1 saturated heterocycles. The van der Waals surface area contributed by atoms with E-state index in [1.54, 1.807) is 7.11 Å². The van der Waals surface area contributed by atoms with E-state index in [1.807, 2.05) is 19.1 Å². The van der Waals surface area contributed by atoms with Crippen molar-refractivity contribution in [2.45, 2.75) is 38.8 Å². The maximum atomic E-state index is 13.1. The zero-order valence-electron chi connectivity index (χ0n) is 15.6. The molecule has 0 radical (unpaired) electrons. The number of carbonyl (C=O) groups excluding carboxylic acids is 1. The van der Waals surface area contributed by atoms with E-state index in [0.29, 0.717) is 18.1 Å². The van der Waals surface area contributed by atoms with Crippen LogP contribution in [0.5, 0.6) is 0 Å². The average Bonchev–Trinajstić information content (AvgIpc) is 3.07. The van der Waals surface area contributed by atoms with Gasteiger partial charge >= 0.3 is 0 Å². The number of rotatable bonds is 5. The summed E-state index contributed by atoms with van der Waals surface area (Å²) in [5.41, 5.74) is 3.65. The van der Waals surface area contributed by atoms with Crippen LogP contribution in [0.3, 0.4) is 0 Å². The van der Waals surface area contributed by atoms with Crippen molar-refractivity contribution in [3.8, 4) is 0 Å². The lowest BCUT2D eigenvalue weighted by Crippen LogP contribution is -2.62. The van der Waals surface area contributed by atoms with Gasteiger partial charge in [-0.3, -0.25) is 9.78 Å². The third-order valence-corrected chi connectivity index (χ3v) is 5.84. The lowest BCUT2D eigenvalue weighted by molar-refractivity contribution is -0.0809. The summed E-state index contributed by atoms with van der Waals surface area (Å²) in [5, 5.41) is 4.19. The van der Waals surface area contributed by atoms with E-state index in [1.165, 1.54) is 5.56 Å². The first-order chi connectivity index (χ1) is 12.6. The molecule has 2 aromatic rings. The smallest absolute Gasteiger partial charge is 0.252 e. The van der Waals surface area contributed by atoms with E-state index in [-0.39, 0.29) is 24.0 Å². The molecule has 26 heavy (non-hydrogen) atoms. The van der Waals surface area contributed by atoms with Gasteiger partial charge < -0.3 is 14.8 Å². The lowest BCUT2D eigenvalue weighted by atomic mass is 9.67. The van der Waals surface area contributed by atoms with Gasteiger partial charge in [-0.1, -0.05) is 13.0 Å². The minimum Gasteiger partial charge on any atom is -0.384 e. The van der Waals surface area contributed by atoms with Crippen LogP contribution in [0.25, 0.3) is 10.9 Å². The predicted molar refractivity (Wildman–Crippen MR) is 100 cm³/mol. The number of benzene rings is 1. The third-order valence-electron chi connectivity index (χ3n) is 5.84. The fraction of sp³-hybridized carbons (Fsp3) is 0.524. The summed E-state index contributed by atoms with van der Waals surface area (Å²) in [4.78, 5) is 17.7. The maximum absolute atomic E-state index is 13.1. The normalized spacial score (nSPS) is 27.2. The first-order valence-electron chi connectivity index (χ1n) is 9.44. The second-order valence-corrected chi connectivity index (χ2v) is 7.42. The second-order valence-electron chi connectivity index (χ2n) is 7.42. The fourth-order valence-corrected chi connectivity index (χ4v) is 4.48. The quantitative estimate of drug-likeness (QED) is 0.897. The van der Waals surface area contributed by atoms with Gasteiger partial charge in [0.25, 0.3) is 5.91 Å². The van der Waals surface area contributed by atoms with Gasteiger partial charge in [-0.2, -0.15) is 0 Å². The molecule has 5 heteroatoms. The molecular weight excluding hydrogens is 328 g/mol. The van der Waals surface area contributed by atoms with Gasteiger partial charge in [-0.05, 0) is 43.5 Å². The highest BCUT2D eigenvalue weighted by Gasteiger charge is 2.54. The van der Waals surface area contributed by atoms with Crippen LogP contribution in [-0.4, -0.2) is 43.4 Å². The largest absolute Gasteiger partial charge is 0.384 e. The molecule has 0 bridgehead atoms. The molecule has 2 heterocycles. The summed E-state index contributed by atoms with van der Waals surface area (Å²) in [6, 6.07) is 8.19. The van der Waals surface area contributed by atoms with Crippen molar-refractivity contribution in [2.75, 3.05) is 20.3 Å². The first kappa shape index (κ1) is 17.4. The third kappa shape index (κ3) is 2.89. The van der Waals surface area contributed by atoms with Crippen molar-refractivity contribution in [2.24, 2.45) is 11.8 Å². The monoisotopic (exact) mass is 354 g/mol.